The van der Waals surface area contributed by atoms with Crippen molar-refractivity contribution in [1.82, 2.24) is 0 Å². The Hall–Kier alpha value is -3.34. The van der Waals surface area contributed by atoms with Crippen LogP contribution in [0.15, 0.2) is 72.8 Å². The Balaban J connectivity index is 1.81. The van der Waals surface area contributed by atoms with Crippen LogP contribution in [0.3, 0.4) is 0 Å². The fourth-order valence-electron chi connectivity index (χ4n) is 3.03. The summed E-state index contributed by atoms with van der Waals surface area (Å²) in [7, 11) is 3.20. The molecule has 0 aliphatic heterocycles. The van der Waals surface area contributed by atoms with E-state index >= 15 is 0 Å². The van der Waals surface area contributed by atoms with Crippen molar-refractivity contribution >= 4 is 11.6 Å². The van der Waals surface area contributed by atoms with E-state index in [2.05, 4.69) is 5.32 Å². The van der Waals surface area contributed by atoms with E-state index in [-0.39, 0.29) is 24.1 Å². The molecule has 1 amide bonds. The molecule has 3 aromatic rings. The van der Waals surface area contributed by atoms with Gasteiger partial charge in [0.05, 0.1) is 14.2 Å². The number of carbonyl (C=O) groups is 1. The molecule has 3 aromatic carbocycles. The number of ether oxygens (including phenoxy) is 2. The minimum Gasteiger partial charge on any atom is -0.497 e. The molecule has 1 N–H and O–H groups in total. The zero-order valence-electron chi connectivity index (χ0n) is 15.8. The average molecular weight is 379 g/mol. The normalized spacial score (nSPS) is 11.5. The average Bonchev–Trinajstić information content (AvgIpc) is 2.73. The summed E-state index contributed by atoms with van der Waals surface area (Å²) in [6, 6.07) is 21.0. The number of anilines is 1. The van der Waals surface area contributed by atoms with E-state index < -0.39 is 0 Å². The van der Waals surface area contributed by atoms with Gasteiger partial charge in [0.15, 0.2) is 0 Å². The highest BCUT2D eigenvalue weighted by atomic mass is 19.1. The summed E-state index contributed by atoms with van der Waals surface area (Å²) in [6.45, 7) is 0. The third-order valence-corrected chi connectivity index (χ3v) is 4.55. The number of hydrogen-bond donors (Lipinski definition) is 1. The summed E-state index contributed by atoms with van der Waals surface area (Å²) in [5.41, 5.74) is 2.52. The maximum absolute atomic E-state index is 13.4. The van der Waals surface area contributed by atoms with Crippen molar-refractivity contribution in [1.29, 1.82) is 0 Å². The molecule has 5 heteroatoms. The zero-order valence-corrected chi connectivity index (χ0v) is 15.8. The summed E-state index contributed by atoms with van der Waals surface area (Å²) in [4.78, 5) is 12.7. The number of nitrogens with one attached hydrogen (secondary N) is 1. The summed E-state index contributed by atoms with van der Waals surface area (Å²) >= 11 is 0. The molecule has 28 heavy (non-hydrogen) atoms. The fraction of sp³-hybridized carbons (Fsp3) is 0.174. The molecule has 4 nitrogen and oxygen atoms in total. The first-order valence-corrected chi connectivity index (χ1v) is 8.92. The third kappa shape index (κ3) is 4.88. The van der Waals surface area contributed by atoms with Crippen LogP contribution in [0.1, 0.15) is 23.5 Å². The number of benzene rings is 3. The highest BCUT2D eigenvalue weighted by molar-refractivity contribution is 5.91. The lowest BCUT2D eigenvalue weighted by molar-refractivity contribution is -0.116. The van der Waals surface area contributed by atoms with Crippen molar-refractivity contribution < 1.29 is 18.7 Å². The Morgan fingerprint density at radius 2 is 1.29 bits per heavy atom. The monoisotopic (exact) mass is 379 g/mol. The molecule has 3 rings (SSSR count). The first-order chi connectivity index (χ1) is 13.6. The molecule has 144 valence electrons. The van der Waals surface area contributed by atoms with Gasteiger partial charge >= 0.3 is 0 Å². The minimum absolute atomic E-state index is 0.129. The summed E-state index contributed by atoms with van der Waals surface area (Å²) in [5, 5.41) is 2.90. The van der Waals surface area contributed by atoms with Gasteiger partial charge in [-0.3, -0.25) is 4.79 Å². The third-order valence-electron chi connectivity index (χ3n) is 4.55. The SMILES string of the molecule is COc1ccc(NC(=O)C[C@H](c2ccc(F)cc2)c2ccc(OC)cc2)cc1. The standard InChI is InChI=1S/C23H22FNO3/c1-27-20-11-5-17(6-12-20)22(16-3-7-18(24)8-4-16)15-23(26)25-19-9-13-21(28-2)14-10-19/h3-14,22H,15H2,1-2H3,(H,25,26)/t22-/m1/s1. The number of halogens is 1. The van der Waals surface area contributed by atoms with E-state index in [4.69, 9.17) is 9.47 Å². The molecular weight excluding hydrogens is 357 g/mol. The lowest BCUT2D eigenvalue weighted by Gasteiger charge is -2.18. The second kappa shape index (κ2) is 9.04. The predicted molar refractivity (Wildman–Crippen MR) is 107 cm³/mol. The highest BCUT2D eigenvalue weighted by Gasteiger charge is 2.19. The largest absolute Gasteiger partial charge is 0.497 e. The highest BCUT2D eigenvalue weighted by Crippen LogP contribution is 2.30. The molecule has 0 saturated heterocycles. The van der Waals surface area contributed by atoms with Crippen LogP contribution in [0.25, 0.3) is 0 Å². The van der Waals surface area contributed by atoms with Gasteiger partial charge in [0.2, 0.25) is 5.91 Å². The molecule has 0 heterocycles. The molecule has 0 aliphatic rings. The van der Waals surface area contributed by atoms with Crippen molar-refractivity contribution in [3.8, 4) is 11.5 Å². The van der Waals surface area contributed by atoms with E-state index in [0.717, 1.165) is 22.6 Å². The van der Waals surface area contributed by atoms with Gasteiger partial charge in [-0.05, 0) is 59.7 Å². The van der Waals surface area contributed by atoms with Gasteiger partial charge in [-0.2, -0.15) is 0 Å². The van der Waals surface area contributed by atoms with Crippen molar-refractivity contribution in [2.75, 3.05) is 19.5 Å². The summed E-state index contributed by atoms with van der Waals surface area (Å²) in [5.74, 6) is 0.824. The van der Waals surface area contributed by atoms with Gasteiger partial charge in [0.1, 0.15) is 17.3 Å². The van der Waals surface area contributed by atoms with Crippen molar-refractivity contribution in [2.45, 2.75) is 12.3 Å². The second-order valence-corrected chi connectivity index (χ2v) is 6.36. The van der Waals surface area contributed by atoms with Crippen LogP contribution in [-0.2, 0) is 4.79 Å². The zero-order chi connectivity index (χ0) is 19.9. The first-order valence-electron chi connectivity index (χ1n) is 8.92. The molecule has 0 aliphatic carbocycles. The van der Waals surface area contributed by atoms with Gasteiger partial charge in [-0.15, -0.1) is 0 Å². The number of methoxy groups -OCH3 is 2. The van der Waals surface area contributed by atoms with Crippen LogP contribution in [0.4, 0.5) is 10.1 Å². The van der Waals surface area contributed by atoms with E-state index in [1.807, 2.05) is 24.3 Å². The first kappa shape index (κ1) is 19.4. The Kier molecular flexibility index (Phi) is 6.27. The van der Waals surface area contributed by atoms with Gasteiger partial charge in [0.25, 0.3) is 0 Å². The maximum atomic E-state index is 13.4. The number of carbonyl (C=O) groups excluding carboxylic acids is 1. The quantitative estimate of drug-likeness (QED) is 0.628. The van der Waals surface area contributed by atoms with Crippen LogP contribution in [0.5, 0.6) is 11.5 Å². The molecule has 0 fully saturated rings. The van der Waals surface area contributed by atoms with Crippen LogP contribution in [0, 0.1) is 5.82 Å². The minimum atomic E-state index is -0.306. The van der Waals surface area contributed by atoms with Gasteiger partial charge in [-0.25, -0.2) is 4.39 Å². The smallest absolute Gasteiger partial charge is 0.225 e. The number of amides is 1. The molecule has 0 radical (unpaired) electrons. The number of rotatable bonds is 7. The maximum Gasteiger partial charge on any atom is 0.225 e. The van der Waals surface area contributed by atoms with Crippen LogP contribution in [0.2, 0.25) is 0 Å². The Morgan fingerprint density at radius 3 is 1.79 bits per heavy atom. The molecule has 0 unspecified atom stereocenters. The molecular formula is C23H22FNO3. The summed E-state index contributed by atoms with van der Waals surface area (Å²) < 4.78 is 23.7. The Labute approximate surface area is 163 Å². The van der Waals surface area contributed by atoms with Gasteiger partial charge in [-0.1, -0.05) is 24.3 Å². The van der Waals surface area contributed by atoms with E-state index in [1.54, 1.807) is 50.6 Å². The van der Waals surface area contributed by atoms with Gasteiger partial charge in [0, 0.05) is 18.0 Å². The topological polar surface area (TPSA) is 47.6 Å². The fourth-order valence-corrected chi connectivity index (χ4v) is 3.03. The van der Waals surface area contributed by atoms with E-state index in [1.165, 1.54) is 12.1 Å². The lowest BCUT2D eigenvalue weighted by Crippen LogP contribution is -2.16. The van der Waals surface area contributed by atoms with Crippen molar-refractivity contribution in [3.05, 3.63) is 89.7 Å². The van der Waals surface area contributed by atoms with Crippen LogP contribution < -0.4 is 14.8 Å². The second-order valence-electron chi connectivity index (χ2n) is 6.36. The molecule has 0 saturated carbocycles. The van der Waals surface area contributed by atoms with Crippen LogP contribution >= 0.6 is 0 Å². The summed E-state index contributed by atoms with van der Waals surface area (Å²) in [6.07, 6.45) is 0.226. The van der Waals surface area contributed by atoms with E-state index in [0.29, 0.717) is 5.69 Å². The van der Waals surface area contributed by atoms with E-state index in [9.17, 15) is 9.18 Å². The Bertz CT molecular complexity index is 906. The molecule has 1 atom stereocenters. The van der Waals surface area contributed by atoms with Crippen LogP contribution in [-0.4, -0.2) is 20.1 Å². The molecule has 0 bridgehead atoms. The molecule has 0 aromatic heterocycles. The Morgan fingerprint density at radius 1 is 0.821 bits per heavy atom. The van der Waals surface area contributed by atoms with Gasteiger partial charge < -0.3 is 14.8 Å². The number of hydrogen-bond acceptors (Lipinski definition) is 3. The van der Waals surface area contributed by atoms with Crippen molar-refractivity contribution in [3.63, 3.8) is 0 Å². The lowest BCUT2D eigenvalue weighted by atomic mass is 9.88. The predicted octanol–water partition coefficient (Wildman–Crippen LogP) is 5.00. The molecule has 0 spiro atoms. The van der Waals surface area contributed by atoms with Crippen molar-refractivity contribution in [2.24, 2.45) is 0 Å².